The van der Waals surface area contributed by atoms with Crippen LogP contribution in [0.1, 0.15) is 24.5 Å². The minimum absolute atomic E-state index is 0.0830. The standard InChI is InChI=1S/C22H25NO5/c1-14(25)23-19-10-15-3-6-18(7-4-15)28-22-12-16(5-8-21(22)27-2)9-17(13-24)11-20(19)26/h3-8,12,17,19,24H,9-11,13H2,1-2H3,(H,23,25)/t17-,19+/m1/s1. The average Bonchev–Trinajstić information content (AvgIpc) is 2.67. The number of carbonyl (C=O) groups excluding carboxylic acids is 2. The summed E-state index contributed by atoms with van der Waals surface area (Å²) in [5, 5.41) is 12.5. The molecule has 6 nitrogen and oxygen atoms in total. The number of aliphatic hydroxyl groups excluding tert-OH is 1. The molecule has 2 atom stereocenters. The molecule has 148 valence electrons. The Hall–Kier alpha value is -2.86. The van der Waals surface area contributed by atoms with Crippen LogP contribution >= 0.6 is 0 Å². The number of fused-ring (bicyclic) bond motifs is 7. The number of carbonyl (C=O) groups is 2. The van der Waals surface area contributed by atoms with Crippen LogP contribution in [0.5, 0.6) is 17.2 Å². The van der Waals surface area contributed by atoms with Crippen molar-refractivity contribution in [2.45, 2.75) is 32.2 Å². The largest absolute Gasteiger partial charge is 0.493 e. The SMILES string of the molecule is COc1ccc2cc1Oc1ccc(cc1)C[C@H](NC(C)=O)C(=O)C[C@H](CO)C2. The maximum Gasteiger partial charge on any atom is 0.217 e. The Kier molecular flexibility index (Phi) is 6.31. The summed E-state index contributed by atoms with van der Waals surface area (Å²) in [4.78, 5) is 24.4. The van der Waals surface area contributed by atoms with Crippen LogP contribution in [-0.2, 0) is 22.4 Å². The zero-order valence-electron chi connectivity index (χ0n) is 16.1. The number of Topliss-reactive ketones (excluding diaryl/α,β-unsaturated/α-hetero) is 1. The van der Waals surface area contributed by atoms with Crippen molar-refractivity contribution in [1.29, 1.82) is 0 Å². The minimum Gasteiger partial charge on any atom is -0.493 e. The highest BCUT2D eigenvalue weighted by Gasteiger charge is 2.24. The van der Waals surface area contributed by atoms with Gasteiger partial charge in [0.25, 0.3) is 0 Å². The van der Waals surface area contributed by atoms with Crippen LogP contribution < -0.4 is 14.8 Å². The summed E-state index contributed by atoms with van der Waals surface area (Å²) in [6.07, 6.45) is 1.10. The predicted octanol–water partition coefficient (Wildman–Crippen LogP) is 2.66. The Morgan fingerprint density at radius 1 is 1.14 bits per heavy atom. The molecule has 2 aliphatic heterocycles. The highest BCUT2D eigenvalue weighted by molar-refractivity contribution is 5.88. The van der Waals surface area contributed by atoms with Gasteiger partial charge in [0, 0.05) is 20.0 Å². The van der Waals surface area contributed by atoms with Crippen molar-refractivity contribution in [1.82, 2.24) is 5.32 Å². The number of hydrogen-bond acceptors (Lipinski definition) is 5. The van der Waals surface area contributed by atoms with E-state index in [1.54, 1.807) is 7.11 Å². The van der Waals surface area contributed by atoms with E-state index in [2.05, 4.69) is 5.32 Å². The van der Waals surface area contributed by atoms with Crippen LogP contribution in [0, 0.1) is 5.92 Å². The molecule has 0 unspecified atom stereocenters. The lowest BCUT2D eigenvalue weighted by molar-refractivity contribution is -0.127. The Morgan fingerprint density at radius 3 is 2.50 bits per heavy atom. The summed E-state index contributed by atoms with van der Waals surface area (Å²) in [5.41, 5.74) is 1.85. The molecule has 2 aliphatic rings. The Labute approximate surface area is 164 Å². The first-order valence-electron chi connectivity index (χ1n) is 9.33. The quantitative estimate of drug-likeness (QED) is 0.851. The second-order valence-corrected chi connectivity index (χ2v) is 7.11. The summed E-state index contributed by atoms with van der Waals surface area (Å²) in [6, 6.07) is 12.4. The molecule has 6 heteroatoms. The molecule has 28 heavy (non-hydrogen) atoms. The summed E-state index contributed by atoms with van der Waals surface area (Å²) in [6.45, 7) is 1.28. The number of rotatable bonds is 3. The van der Waals surface area contributed by atoms with Crippen molar-refractivity contribution in [3.05, 3.63) is 53.6 Å². The third-order valence-corrected chi connectivity index (χ3v) is 4.86. The molecule has 4 rings (SSSR count). The van der Waals surface area contributed by atoms with E-state index in [1.807, 2.05) is 42.5 Å². The lowest BCUT2D eigenvalue weighted by atomic mass is 9.90. The Balaban J connectivity index is 1.99. The maximum absolute atomic E-state index is 12.9. The Bertz CT molecular complexity index is 847. The number of benzene rings is 2. The molecule has 0 fully saturated rings. The first-order valence-corrected chi connectivity index (χ1v) is 9.33. The summed E-state index contributed by atoms with van der Waals surface area (Å²) in [7, 11) is 1.58. The van der Waals surface area contributed by atoms with Gasteiger partial charge in [0.15, 0.2) is 17.3 Å². The van der Waals surface area contributed by atoms with Crippen LogP contribution in [-0.4, -0.2) is 36.6 Å². The smallest absolute Gasteiger partial charge is 0.217 e. The Morgan fingerprint density at radius 2 is 1.86 bits per heavy atom. The van der Waals surface area contributed by atoms with Crippen molar-refractivity contribution in [3.63, 3.8) is 0 Å². The van der Waals surface area contributed by atoms with E-state index < -0.39 is 6.04 Å². The van der Waals surface area contributed by atoms with Crippen LogP contribution in [0.2, 0.25) is 0 Å². The molecular weight excluding hydrogens is 358 g/mol. The topological polar surface area (TPSA) is 84.9 Å². The van der Waals surface area contributed by atoms with Gasteiger partial charge in [-0.15, -0.1) is 0 Å². The van der Waals surface area contributed by atoms with Crippen LogP contribution in [0.15, 0.2) is 42.5 Å². The van der Waals surface area contributed by atoms with Gasteiger partial charge in [-0.25, -0.2) is 0 Å². The van der Waals surface area contributed by atoms with Gasteiger partial charge < -0.3 is 19.9 Å². The van der Waals surface area contributed by atoms with Crippen LogP contribution in [0.3, 0.4) is 0 Å². The summed E-state index contributed by atoms with van der Waals surface area (Å²) >= 11 is 0. The van der Waals surface area contributed by atoms with Gasteiger partial charge >= 0.3 is 0 Å². The second-order valence-electron chi connectivity index (χ2n) is 7.11. The molecule has 0 radical (unpaired) electrons. The highest BCUT2D eigenvalue weighted by Crippen LogP contribution is 2.33. The molecule has 2 heterocycles. The van der Waals surface area contributed by atoms with E-state index in [0.29, 0.717) is 30.1 Å². The van der Waals surface area contributed by atoms with Crippen LogP contribution in [0.25, 0.3) is 0 Å². The molecule has 2 N–H and O–H groups in total. The summed E-state index contributed by atoms with van der Waals surface area (Å²) < 4.78 is 11.4. The van der Waals surface area contributed by atoms with Gasteiger partial charge in [-0.3, -0.25) is 9.59 Å². The second kappa shape index (κ2) is 8.89. The van der Waals surface area contributed by atoms with E-state index in [0.717, 1.165) is 11.1 Å². The van der Waals surface area contributed by atoms with E-state index in [-0.39, 0.29) is 30.6 Å². The lowest BCUT2D eigenvalue weighted by Crippen LogP contribution is -2.42. The van der Waals surface area contributed by atoms with Crippen molar-refractivity contribution < 1.29 is 24.2 Å². The summed E-state index contributed by atoms with van der Waals surface area (Å²) in [5.74, 6) is 1.28. The first-order chi connectivity index (χ1) is 13.5. The normalized spacial score (nSPS) is 19.5. The van der Waals surface area contributed by atoms with E-state index in [9.17, 15) is 14.7 Å². The molecular formula is C22H25NO5. The lowest BCUT2D eigenvalue weighted by Gasteiger charge is -2.21. The third kappa shape index (κ3) is 4.89. The van der Waals surface area contributed by atoms with Crippen LogP contribution in [0.4, 0.5) is 0 Å². The number of aliphatic hydroxyl groups is 1. The van der Waals surface area contributed by atoms with Gasteiger partial charge in [0.2, 0.25) is 5.91 Å². The number of ether oxygens (including phenoxy) is 2. The molecule has 0 aromatic heterocycles. The zero-order chi connectivity index (χ0) is 20.1. The molecule has 2 aromatic carbocycles. The molecule has 0 saturated heterocycles. The molecule has 1 amide bonds. The van der Waals surface area contributed by atoms with Crippen molar-refractivity contribution in [2.75, 3.05) is 13.7 Å². The fourth-order valence-electron chi connectivity index (χ4n) is 3.44. The number of hydrogen-bond donors (Lipinski definition) is 2. The van der Waals surface area contributed by atoms with Crippen molar-refractivity contribution >= 4 is 11.7 Å². The average molecular weight is 383 g/mol. The monoisotopic (exact) mass is 383 g/mol. The van der Waals surface area contributed by atoms with Crippen molar-refractivity contribution in [3.8, 4) is 17.2 Å². The fraction of sp³-hybridized carbons (Fsp3) is 0.364. The van der Waals surface area contributed by atoms with Gasteiger partial charge in [-0.2, -0.15) is 0 Å². The number of ketones is 1. The third-order valence-electron chi connectivity index (χ3n) is 4.86. The van der Waals surface area contributed by atoms with E-state index in [4.69, 9.17) is 9.47 Å². The van der Waals surface area contributed by atoms with E-state index in [1.165, 1.54) is 6.92 Å². The maximum atomic E-state index is 12.9. The van der Waals surface area contributed by atoms with Gasteiger partial charge in [-0.1, -0.05) is 18.2 Å². The molecule has 2 aromatic rings. The van der Waals surface area contributed by atoms with Crippen molar-refractivity contribution in [2.24, 2.45) is 5.92 Å². The van der Waals surface area contributed by atoms with Gasteiger partial charge in [0.05, 0.1) is 13.2 Å². The fourth-order valence-corrected chi connectivity index (χ4v) is 3.44. The van der Waals surface area contributed by atoms with Gasteiger partial charge in [0.1, 0.15) is 5.75 Å². The van der Waals surface area contributed by atoms with E-state index >= 15 is 0 Å². The number of amides is 1. The van der Waals surface area contributed by atoms with Gasteiger partial charge in [-0.05, 0) is 54.2 Å². The highest BCUT2D eigenvalue weighted by atomic mass is 16.5. The first kappa shape index (κ1) is 19.9. The molecule has 0 saturated carbocycles. The molecule has 4 bridgehead atoms. The molecule has 0 aliphatic carbocycles. The number of nitrogens with one attached hydrogen (secondary N) is 1. The predicted molar refractivity (Wildman–Crippen MR) is 105 cm³/mol. The zero-order valence-corrected chi connectivity index (χ0v) is 16.1. The minimum atomic E-state index is -0.618. The number of methoxy groups -OCH3 is 1. The molecule has 0 spiro atoms.